The van der Waals surface area contributed by atoms with Crippen LogP contribution in [0.5, 0.6) is 5.75 Å². The zero-order chi connectivity index (χ0) is 21.0. The Morgan fingerprint density at radius 2 is 1.79 bits per heavy atom. The number of carbonyl (C=O) groups is 1. The van der Waals surface area contributed by atoms with E-state index in [2.05, 4.69) is 36.2 Å². The monoisotopic (exact) mass is 487 g/mol. The average Bonchev–Trinajstić information content (AvgIpc) is 3.11. The number of rotatable bonds is 6. The minimum Gasteiger partial charge on any atom is -0.411 e. The Bertz CT molecular complexity index is 979. The maximum absolute atomic E-state index is 12.3. The van der Waals surface area contributed by atoms with Crippen molar-refractivity contribution >= 4 is 39.3 Å². The van der Waals surface area contributed by atoms with Gasteiger partial charge in [-0.05, 0) is 55.5 Å². The molecule has 0 fully saturated rings. The van der Waals surface area contributed by atoms with Crippen molar-refractivity contribution in [3.05, 3.63) is 53.0 Å². The highest BCUT2D eigenvalue weighted by Crippen LogP contribution is 2.28. The zero-order valence-corrected chi connectivity index (χ0v) is 17.1. The molecule has 0 spiro atoms. The number of hydrogen-bond acceptors (Lipinski definition) is 6. The summed E-state index contributed by atoms with van der Waals surface area (Å²) in [5, 5.41) is 10.1. The van der Waals surface area contributed by atoms with Gasteiger partial charge in [0.2, 0.25) is 11.8 Å². The molecular formula is C18H13BrF3N3O3S. The smallest absolute Gasteiger partial charge is 0.411 e. The minimum atomic E-state index is -4.77. The fraction of sp³-hybridized carbons (Fsp3) is 0.167. The van der Waals surface area contributed by atoms with Crippen LogP contribution in [0.15, 0.2) is 62.6 Å². The topological polar surface area (TPSA) is 77.2 Å². The van der Waals surface area contributed by atoms with Gasteiger partial charge in [-0.1, -0.05) is 27.7 Å². The predicted octanol–water partition coefficient (Wildman–Crippen LogP) is 5.52. The van der Waals surface area contributed by atoms with E-state index in [0.29, 0.717) is 11.6 Å². The van der Waals surface area contributed by atoms with Crippen LogP contribution >= 0.6 is 27.7 Å². The number of nitrogens with zero attached hydrogens (tertiary/aromatic N) is 2. The summed E-state index contributed by atoms with van der Waals surface area (Å²) in [7, 11) is 0. The summed E-state index contributed by atoms with van der Waals surface area (Å²) in [6.45, 7) is 1.64. The van der Waals surface area contributed by atoms with E-state index in [0.717, 1.165) is 33.9 Å². The van der Waals surface area contributed by atoms with E-state index in [9.17, 15) is 18.0 Å². The fourth-order valence-corrected chi connectivity index (χ4v) is 3.10. The van der Waals surface area contributed by atoms with Crippen LogP contribution < -0.4 is 10.1 Å². The molecule has 6 nitrogen and oxygen atoms in total. The second-order valence-corrected chi connectivity index (χ2v) is 7.91. The first-order chi connectivity index (χ1) is 13.7. The molecule has 3 aromatic rings. The first kappa shape index (κ1) is 21.2. The summed E-state index contributed by atoms with van der Waals surface area (Å²) in [4.78, 5) is 12.3. The molecule has 0 aliphatic carbocycles. The quantitative estimate of drug-likeness (QED) is 0.461. The lowest BCUT2D eigenvalue weighted by molar-refractivity contribution is -0.274. The van der Waals surface area contributed by atoms with Crippen LogP contribution in [0.4, 0.5) is 18.9 Å². The molecule has 0 aliphatic rings. The molecule has 0 bridgehead atoms. The first-order valence-corrected chi connectivity index (χ1v) is 9.80. The molecule has 29 heavy (non-hydrogen) atoms. The fourth-order valence-electron chi connectivity index (χ4n) is 2.16. The highest BCUT2D eigenvalue weighted by atomic mass is 79.9. The molecule has 0 saturated heterocycles. The van der Waals surface area contributed by atoms with Crippen molar-refractivity contribution in [1.82, 2.24) is 10.2 Å². The highest BCUT2D eigenvalue weighted by molar-refractivity contribution is 9.10. The number of benzene rings is 2. The normalized spacial score (nSPS) is 12.4. The van der Waals surface area contributed by atoms with Crippen molar-refractivity contribution in [2.45, 2.75) is 23.8 Å². The molecule has 152 valence electrons. The molecule has 3 rings (SSSR count). The van der Waals surface area contributed by atoms with Gasteiger partial charge in [0.1, 0.15) is 5.75 Å². The Labute approximate surface area is 176 Å². The van der Waals surface area contributed by atoms with Crippen molar-refractivity contribution in [3.63, 3.8) is 0 Å². The summed E-state index contributed by atoms with van der Waals surface area (Å²) < 4.78 is 46.8. The lowest BCUT2D eigenvalue weighted by Crippen LogP contribution is -2.22. The number of carbonyl (C=O) groups excluding carboxylic acids is 1. The molecule has 1 heterocycles. The molecule has 0 aliphatic heterocycles. The lowest BCUT2D eigenvalue weighted by atomic mass is 10.2. The SMILES string of the molecule is CC(Sc1nnc(-c2ccc(Br)cc2)o1)C(=O)Nc1ccc(OC(F)(F)F)cc1. The Hall–Kier alpha value is -2.53. The standard InChI is InChI=1S/C18H13BrF3N3O3S/c1-10(15(26)23-13-6-8-14(9-7-13)28-18(20,21)22)29-17-25-24-16(27-17)11-2-4-12(19)5-3-11/h2-10H,1H3,(H,23,26). The van der Waals surface area contributed by atoms with Gasteiger partial charge >= 0.3 is 6.36 Å². The van der Waals surface area contributed by atoms with Gasteiger partial charge in [0.25, 0.3) is 5.22 Å². The van der Waals surface area contributed by atoms with Gasteiger partial charge in [0.15, 0.2) is 0 Å². The molecule has 11 heteroatoms. The van der Waals surface area contributed by atoms with Crippen molar-refractivity contribution < 1.29 is 27.1 Å². The zero-order valence-electron chi connectivity index (χ0n) is 14.7. The molecule has 1 amide bonds. The van der Waals surface area contributed by atoms with Gasteiger partial charge in [-0.2, -0.15) is 0 Å². The third-order valence-corrected chi connectivity index (χ3v) is 4.96. The van der Waals surface area contributed by atoms with E-state index in [1.54, 1.807) is 6.92 Å². The van der Waals surface area contributed by atoms with Gasteiger partial charge in [-0.15, -0.1) is 23.4 Å². The first-order valence-electron chi connectivity index (χ1n) is 8.12. The van der Waals surface area contributed by atoms with Crippen LogP contribution in [0, 0.1) is 0 Å². The number of thioether (sulfide) groups is 1. The second kappa shape index (κ2) is 8.87. The van der Waals surface area contributed by atoms with E-state index in [4.69, 9.17) is 4.42 Å². The number of amides is 1. The lowest BCUT2D eigenvalue weighted by Gasteiger charge is -2.11. The summed E-state index contributed by atoms with van der Waals surface area (Å²) in [6.07, 6.45) is -4.77. The molecule has 1 N–H and O–H groups in total. The molecule has 2 aromatic carbocycles. The highest BCUT2D eigenvalue weighted by Gasteiger charge is 2.31. The summed E-state index contributed by atoms with van der Waals surface area (Å²) >= 11 is 4.41. The minimum absolute atomic E-state index is 0.222. The number of ether oxygens (including phenoxy) is 1. The average molecular weight is 488 g/mol. The molecule has 1 aromatic heterocycles. The molecule has 0 radical (unpaired) electrons. The van der Waals surface area contributed by atoms with Crippen molar-refractivity contribution in [2.75, 3.05) is 5.32 Å². The summed E-state index contributed by atoms with van der Waals surface area (Å²) in [5.74, 6) is -0.417. The number of nitrogens with one attached hydrogen (secondary N) is 1. The van der Waals surface area contributed by atoms with E-state index in [1.165, 1.54) is 12.1 Å². The summed E-state index contributed by atoms with van der Waals surface area (Å²) in [6, 6.07) is 12.2. The largest absolute Gasteiger partial charge is 0.573 e. The van der Waals surface area contributed by atoms with Crippen LogP contribution in [0.2, 0.25) is 0 Å². The number of halogens is 4. The van der Waals surface area contributed by atoms with Crippen molar-refractivity contribution in [1.29, 1.82) is 0 Å². The second-order valence-electron chi connectivity index (χ2n) is 5.70. The number of hydrogen-bond donors (Lipinski definition) is 1. The van der Waals surface area contributed by atoms with E-state index < -0.39 is 11.6 Å². The third-order valence-electron chi connectivity index (χ3n) is 3.50. The number of alkyl halides is 3. The molecular weight excluding hydrogens is 475 g/mol. The summed E-state index contributed by atoms with van der Waals surface area (Å²) in [5.41, 5.74) is 1.07. The van der Waals surface area contributed by atoms with Crippen molar-refractivity contribution in [2.24, 2.45) is 0 Å². The Morgan fingerprint density at radius 3 is 2.41 bits per heavy atom. The predicted molar refractivity (Wildman–Crippen MR) is 105 cm³/mol. The van der Waals surface area contributed by atoms with Gasteiger partial charge in [0, 0.05) is 15.7 Å². The molecule has 1 atom stereocenters. The van der Waals surface area contributed by atoms with Crippen LogP contribution in [0.1, 0.15) is 6.92 Å². The van der Waals surface area contributed by atoms with Crippen molar-refractivity contribution in [3.8, 4) is 17.2 Å². The maximum atomic E-state index is 12.3. The van der Waals surface area contributed by atoms with Gasteiger partial charge in [-0.3, -0.25) is 4.79 Å². The van der Waals surface area contributed by atoms with Crippen LogP contribution in [0.25, 0.3) is 11.5 Å². The Kier molecular flexibility index (Phi) is 6.48. The van der Waals surface area contributed by atoms with E-state index >= 15 is 0 Å². The molecule has 0 saturated carbocycles. The third kappa shape index (κ3) is 6.23. The van der Waals surface area contributed by atoms with Gasteiger partial charge in [0.05, 0.1) is 5.25 Å². The van der Waals surface area contributed by atoms with Crippen LogP contribution in [-0.4, -0.2) is 27.7 Å². The van der Waals surface area contributed by atoms with E-state index in [-0.39, 0.29) is 16.9 Å². The Balaban J connectivity index is 1.57. The van der Waals surface area contributed by atoms with Crippen LogP contribution in [-0.2, 0) is 4.79 Å². The maximum Gasteiger partial charge on any atom is 0.573 e. The molecule has 1 unspecified atom stereocenters. The number of anilines is 1. The Morgan fingerprint density at radius 1 is 1.14 bits per heavy atom. The number of aromatic nitrogens is 2. The van der Waals surface area contributed by atoms with Gasteiger partial charge < -0.3 is 14.5 Å². The van der Waals surface area contributed by atoms with Crippen LogP contribution in [0.3, 0.4) is 0 Å². The van der Waals surface area contributed by atoms with Gasteiger partial charge in [-0.25, -0.2) is 0 Å². The van der Waals surface area contributed by atoms with E-state index in [1.807, 2.05) is 24.3 Å².